The highest BCUT2D eigenvalue weighted by Crippen LogP contribution is 2.51. The monoisotopic (exact) mass is 702 g/mol. The standard InChI is InChI=1S/C53H38N2/c1-53(2)48-19-11-10-18-43(48)45-33-52-47(32-49(45)53)46-31-40(23-27-51(46)55(52)42-25-21-35-13-7-9-17-38(35)29-42)39-22-26-50(44(30-39)36-14-4-3-5-15-36)54-41-24-20-34-12-6-8-16-37(34)28-41/h3-33,54H,1-2H3. The maximum atomic E-state index is 3.77. The first kappa shape index (κ1) is 31.6. The Morgan fingerprint density at radius 2 is 1.05 bits per heavy atom. The van der Waals surface area contributed by atoms with Gasteiger partial charge in [0.05, 0.1) is 11.0 Å². The fourth-order valence-corrected chi connectivity index (χ4v) is 9.10. The number of aromatic nitrogens is 1. The first-order valence-electron chi connectivity index (χ1n) is 19.2. The van der Waals surface area contributed by atoms with Crippen LogP contribution in [0.4, 0.5) is 11.4 Å². The van der Waals surface area contributed by atoms with Crippen LogP contribution in [0.1, 0.15) is 25.0 Å². The highest BCUT2D eigenvalue weighted by molar-refractivity contribution is 6.13. The quantitative estimate of drug-likeness (QED) is 0.189. The molecule has 1 aliphatic rings. The van der Waals surface area contributed by atoms with Crippen molar-refractivity contribution in [2.24, 2.45) is 0 Å². The van der Waals surface area contributed by atoms with Gasteiger partial charge < -0.3 is 9.88 Å². The molecule has 0 atom stereocenters. The summed E-state index contributed by atoms with van der Waals surface area (Å²) in [4.78, 5) is 0. The van der Waals surface area contributed by atoms with E-state index in [0.29, 0.717) is 0 Å². The summed E-state index contributed by atoms with van der Waals surface area (Å²) in [5.74, 6) is 0. The molecule has 1 aromatic heterocycles. The summed E-state index contributed by atoms with van der Waals surface area (Å²) in [6, 6.07) is 69.1. The Labute approximate surface area is 321 Å². The van der Waals surface area contributed by atoms with Crippen molar-refractivity contribution in [1.29, 1.82) is 0 Å². The number of fused-ring (bicyclic) bond motifs is 8. The van der Waals surface area contributed by atoms with Crippen LogP contribution in [0.25, 0.3) is 82.4 Å². The van der Waals surface area contributed by atoms with Crippen molar-refractivity contribution in [2.45, 2.75) is 19.3 Å². The van der Waals surface area contributed by atoms with E-state index in [2.05, 4.69) is 212 Å². The van der Waals surface area contributed by atoms with Gasteiger partial charge in [0.15, 0.2) is 0 Å². The molecule has 11 rings (SSSR count). The number of nitrogens with one attached hydrogen (secondary N) is 1. The largest absolute Gasteiger partial charge is 0.355 e. The lowest BCUT2D eigenvalue weighted by atomic mass is 9.82. The van der Waals surface area contributed by atoms with Gasteiger partial charge >= 0.3 is 0 Å². The minimum absolute atomic E-state index is 0.0897. The SMILES string of the molecule is CC1(C)c2ccccc2-c2cc3c(cc21)c1cc(-c2ccc(Nc4ccc5ccccc5c4)c(-c4ccccc4)c2)ccc1n3-c1ccc2ccccc2c1. The number of nitrogens with zero attached hydrogens (tertiary/aromatic N) is 1. The van der Waals surface area contributed by atoms with E-state index in [0.717, 1.165) is 11.4 Å². The summed E-state index contributed by atoms with van der Waals surface area (Å²) in [6.07, 6.45) is 0. The molecule has 1 aliphatic carbocycles. The first-order chi connectivity index (χ1) is 27.0. The second kappa shape index (κ2) is 12.1. The van der Waals surface area contributed by atoms with Gasteiger partial charge in [0.1, 0.15) is 0 Å². The van der Waals surface area contributed by atoms with Crippen molar-refractivity contribution in [3.05, 3.63) is 199 Å². The van der Waals surface area contributed by atoms with Crippen LogP contribution in [-0.2, 0) is 5.41 Å². The molecule has 0 radical (unpaired) electrons. The lowest BCUT2D eigenvalue weighted by Crippen LogP contribution is -2.14. The molecule has 2 heteroatoms. The van der Waals surface area contributed by atoms with E-state index < -0.39 is 0 Å². The molecular weight excluding hydrogens is 665 g/mol. The van der Waals surface area contributed by atoms with Gasteiger partial charge in [-0.25, -0.2) is 0 Å². The Morgan fingerprint density at radius 3 is 1.87 bits per heavy atom. The van der Waals surface area contributed by atoms with Gasteiger partial charge in [0.2, 0.25) is 0 Å². The fraction of sp³-hybridized carbons (Fsp3) is 0.0566. The Morgan fingerprint density at radius 1 is 0.400 bits per heavy atom. The van der Waals surface area contributed by atoms with Crippen LogP contribution in [0, 0.1) is 0 Å². The highest BCUT2D eigenvalue weighted by atomic mass is 15.0. The molecule has 0 spiro atoms. The second-order valence-electron chi connectivity index (χ2n) is 15.5. The number of anilines is 2. The molecule has 55 heavy (non-hydrogen) atoms. The summed E-state index contributed by atoms with van der Waals surface area (Å²) in [5.41, 5.74) is 15.9. The average molecular weight is 703 g/mol. The molecular formula is C53H38N2. The van der Waals surface area contributed by atoms with Crippen molar-refractivity contribution >= 4 is 54.7 Å². The van der Waals surface area contributed by atoms with Gasteiger partial charge in [-0.3, -0.25) is 0 Å². The zero-order chi connectivity index (χ0) is 36.7. The van der Waals surface area contributed by atoms with Gasteiger partial charge in [-0.15, -0.1) is 0 Å². The van der Waals surface area contributed by atoms with Gasteiger partial charge in [-0.2, -0.15) is 0 Å². The maximum Gasteiger partial charge on any atom is 0.0547 e. The van der Waals surface area contributed by atoms with Crippen molar-refractivity contribution in [3.8, 4) is 39.1 Å². The predicted molar refractivity (Wildman–Crippen MR) is 234 cm³/mol. The molecule has 10 aromatic rings. The summed E-state index contributed by atoms with van der Waals surface area (Å²) >= 11 is 0. The van der Waals surface area contributed by atoms with Crippen molar-refractivity contribution in [3.63, 3.8) is 0 Å². The number of benzene rings is 9. The Kier molecular flexibility index (Phi) is 6.93. The smallest absolute Gasteiger partial charge is 0.0547 e. The molecule has 9 aromatic carbocycles. The van der Waals surface area contributed by atoms with Gasteiger partial charge in [0.25, 0.3) is 0 Å². The molecule has 1 heterocycles. The lowest BCUT2D eigenvalue weighted by molar-refractivity contribution is 0.661. The van der Waals surface area contributed by atoms with Gasteiger partial charge in [0, 0.05) is 38.8 Å². The molecule has 0 saturated heterocycles. The molecule has 0 saturated carbocycles. The third kappa shape index (κ3) is 5.02. The Hall–Kier alpha value is -6.90. The van der Waals surface area contributed by atoms with Gasteiger partial charge in [-0.05, 0) is 121 Å². The zero-order valence-electron chi connectivity index (χ0n) is 30.8. The van der Waals surface area contributed by atoms with E-state index >= 15 is 0 Å². The summed E-state index contributed by atoms with van der Waals surface area (Å²) in [7, 11) is 0. The van der Waals surface area contributed by atoms with E-state index in [1.54, 1.807) is 0 Å². The van der Waals surface area contributed by atoms with Crippen LogP contribution in [0.2, 0.25) is 0 Å². The normalized spacial score (nSPS) is 13.1. The molecule has 0 aliphatic heterocycles. The zero-order valence-corrected chi connectivity index (χ0v) is 30.8. The fourth-order valence-electron chi connectivity index (χ4n) is 9.10. The number of hydrogen-bond acceptors (Lipinski definition) is 1. The molecule has 0 amide bonds. The molecule has 0 fully saturated rings. The van der Waals surface area contributed by atoms with Crippen LogP contribution in [0.15, 0.2) is 188 Å². The molecule has 1 N–H and O–H groups in total. The summed E-state index contributed by atoms with van der Waals surface area (Å²) in [6.45, 7) is 4.74. The Balaban J connectivity index is 1.11. The number of rotatable bonds is 5. The molecule has 0 unspecified atom stereocenters. The minimum atomic E-state index is -0.0897. The highest BCUT2D eigenvalue weighted by Gasteiger charge is 2.36. The van der Waals surface area contributed by atoms with E-state index in [-0.39, 0.29) is 5.41 Å². The topological polar surface area (TPSA) is 17.0 Å². The van der Waals surface area contributed by atoms with E-state index in [1.165, 1.54) is 93.5 Å². The third-order valence-corrected chi connectivity index (χ3v) is 11.9. The van der Waals surface area contributed by atoms with Crippen molar-refractivity contribution in [1.82, 2.24) is 4.57 Å². The van der Waals surface area contributed by atoms with Gasteiger partial charge in [-0.1, -0.05) is 141 Å². The van der Waals surface area contributed by atoms with Crippen molar-refractivity contribution in [2.75, 3.05) is 5.32 Å². The predicted octanol–water partition coefficient (Wildman–Crippen LogP) is 14.5. The van der Waals surface area contributed by atoms with Crippen LogP contribution >= 0.6 is 0 Å². The minimum Gasteiger partial charge on any atom is -0.355 e. The second-order valence-corrected chi connectivity index (χ2v) is 15.5. The third-order valence-electron chi connectivity index (χ3n) is 11.9. The van der Waals surface area contributed by atoms with E-state index in [4.69, 9.17) is 0 Å². The number of hydrogen-bond donors (Lipinski definition) is 1. The molecule has 2 nitrogen and oxygen atoms in total. The maximum absolute atomic E-state index is 3.77. The summed E-state index contributed by atoms with van der Waals surface area (Å²) in [5, 5.41) is 11.3. The lowest BCUT2D eigenvalue weighted by Gasteiger charge is -2.21. The van der Waals surface area contributed by atoms with E-state index in [9.17, 15) is 0 Å². The van der Waals surface area contributed by atoms with Crippen LogP contribution in [0.5, 0.6) is 0 Å². The van der Waals surface area contributed by atoms with E-state index in [1.807, 2.05) is 0 Å². The van der Waals surface area contributed by atoms with Crippen LogP contribution < -0.4 is 5.32 Å². The Bertz CT molecular complexity index is 3150. The van der Waals surface area contributed by atoms with Crippen LogP contribution in [-0.4, -0.2) is 4.57 Å². The van der Waals surface area contributed by atoms with Crippen molar-refractivity contribution < 1.29 is 0 Å². The summed E-state index contributed by atoms with van der Waals surface area (Å²) < 4.78 is 2.47. The molecule has 260 valence electrons. The average Bonchev–Trinajstić information content (AvgIpc) is 3.67. The molecule has 0 bridgehead atoms. The first-order valence-corrected chi connectivity index (χ1v) is 19.2. The van der Waals surface area contributed by atoms with Crippen LogP contribution in [0.3, 0.4) is 0 Å².